The lowest BCUT2D eigenvalue weighted by Gasteiger charge is -2.18. The van der Waals surface area contributed by atoms with Crippen LogP contribution >= 0.6 is 0 Å². The molecule has 3 aromatic rings. The van der Waals surface area contributed by atoms with Crippen molar-refractivity contribution in [2.24, 2.45) is 5.10 Å². The second-order valence-electron chi connectivity index (χ2n) is 7.04. The Bertz CT molecular complexity index is 1340. The number of hydrogen-bond donors (Lipinski definition) is 2. The van der Waals surface area contributed by atoms with Crippen LogP contribution in [-0.2, 0) is 10.0 Å². The van der Waals surface area contributed by atoms with Gasteiger partial charge in [0.1, 0.15) is 24.7 Å². The van der Waals surface area contributed by atoms with Gasteiger partial charge in [0.25, 0.3) is 15.7 Å². The topological polar surface area (TPSA) is 141 Å². The minimum atomic E-state index is -4.07. The third-order valence-electron chi connectivity index (χ3n) is 4.78. The summed E-state index contributed by atoms with van der Waals surface area (Å²) in [6.45, 7) is 0.924. The fourth-order valence-electron chi connectivity index (χ4n) is 3.11. The smallest absolute Gasteiger partial charge is 0.295 e. The van der Waals surface area contributed by atoms with Crippen LogP contribution in [0.4, 0.5) is 17.1 Å². The van der Waals surface area contributed by atoms with Gasteiger partial charge in [-0.15, -0.1) is 0 Å². The normalized spacial score (nSPS) is 12.9. The van der Waals surface area contributed by atoms with Gasteiger partial charge in [-0.25, -0.2) is 8.42 Å². The number of benzene rings is 3. The van der Waals surface area contributed by atoms with E-state index < -0.39 is 20.6 Å². The van der Waals surface area contributed by atoms with Crippen LogP contribution in [0.5, 0.6) is 17.2 Å². The highest BCUT2D eigenvalue weighted by atomic mass is 32.2. The Balaban J connectivity index is 1.51. The van der Waals surface area contributed by atoms with Crippen molar-refractivity contribution < 1.29 is 27.6 Å². The molecule has 0 bridgehead atoms. The number of hydrazone groups is 1. The van der Waals surface area contributed by atoms with Crippen molar-refractivity contribution in [3.63, 3.8) is 0 Å². The Kier molecular flexibility index (Phi) is 6.50. The second kappa shape index (κ2) is 9.67. The maximum Gasteiger partial charge on any atom is 0.295 e. The quantitative estimate of drug-likeness (QED) is 0.281. The summed E-state index contributed by atoms with van der Waals surface area (Å²) in [4.78, 5) is 10.6. The Morgan fingerprint density at radius 3 is 2.47 bits per heavy atom. The van der Waals surface area contributed by atoms with Gasteiger partial charge in [-0.3, -0.25) is 20.3 Å². The van der Waals surface area contributed by atoms with Gasteiger partial charge in [-0.1, -0.05) is 0 Å². The zero-order valence-corrected chi connectivity index (χ0v) is 18.7. The van der Waals surface area contributed by atoms with E-state index >= 15 is 0 Å². The van der Waals surface area contributed by atoms with E-state index in [0.717, 1.165) is 6.07 Å². The summed E-state index contributed by atoms with van der Waals surface area (Å²) in [7, 11) is -2.57. The van der Waals surface area contributed by atoms with Crippen molar-refractivity contribution in [1.82, 2.24) is 0 Å². The number of methoxy groups -OCH3 is 1. The molecule has 0 unspecified atom stereocenters. The molecule has 34 heavy (non-hydrogen) atoms. The number of nitrogens with one attached hydrogen (secondary N) is 2. The van der Waals surface area contributed by atoms with Crippen LogP contribution < -0.4 is 24.4 Å². The minimum Gasteiger partial charge on any atom is -0.497 e. The van der Waals surface area contributed by atoms with Crippen molar-refractivity contribution in [3.05, 3.63) is 76.3 Å². The van der Waals surface area contributed by atoms with Crippen LogP contribution in [0, 0.1) is 10.1 Å². The molecule has 0 aromatic heterocycles. The van der Waals surface area contributed by atoms with Crippen molar-refractivity contribution in [1.29, 1.82) is 0 Å². The highest BCUT2D eigenvalue weighted by Crippen LogP contribution is 2.31. The van der Waals surface area contributed by atoms with Gasteiger partial charge in [0.2, 0.25) is 0 Å². The summed E-state index contributed by atoms with van der Waals surface area (Å²) in [5, 5.41) is 15.6. The van der Waals surface area contributed by atoms with E-state index in [2.05, 4.69) is 15.2 Å². The molecule has 3 aromatic carbocycles. The number of fused-ring (bicyclic) bond motifs is 1. The molecule has 0 aliphatic carbocycles. The molecule has 12 heteroatoms. The molecular weight excluding hydrogens is 464 g/mol. The van der Waals surface area contributed by atoms with Crippen LogP contribution in [0.15, 0.2) is 70.7 Å². The van der Waals surface area contributed by atoms with E-state index in [-0.39, 0.29) is 16.3 Å². The first-order chi connectivity index (χ1) is 16.4. The van der Waals surface area contributed by atoms with Crippen LogP contribution in [0.2, 0.25) is 0 Å². The summed E-state index contributed by atoms with van der Waals surface area (Å²) < 4.78 is 43.8. The molecular formula is C22H20N4O7S. The molecule has 11 nitrogen and oxygen atoms in total. The van der Waals surface area contributed by atoms with Crippen LogP contribution in [0.25, 0.3) is 0 Å². The lowest BCUT2D eigenvalue weighted by Crippen LogP contribution is -2.15. The second-order valence-corrected chi connectivity index (χ2v) is 8.73. The number of nitro groups is 1. The van der Waals surface area contributed by atoms with Crippen LogP contribution in [0.3, 0.4) is 0 Å². The summed E-state index contributed by atoms with van der Waals surface area (Å²) in [6.07, 6.45) is 1.46. The molecule has 0 spiro atoms. The van der Waals surface area contributed by atoms with E-state index in [1.807, 2.05) is 0 Å². The highest BCUT2D eigenvalue weighted by molar-refractivity contribution is 7.92. The number of rotatable bonds is 8. The Hall–Kier alpha value is -4.32. The zero-order valence-electron chi connectivity index (χ0n) is 17.9. The fourth-order valence-corrected chi connectivity index (χ4v) is 4.19. The molecule has 1 heterocycles. The van der Waals surface area contributed by atoms with Crippen molar-refractivity contribution >= 4 is 33.3 Å². The summed E-state index contributed by atoms with van der Waals surface area (Å²) in [6, 6.07) is 15.0. The Labute approximate surface area is 195 Å². The lowest BCUT2D eigenvalue weighted by atomic mass is 10.2. The summed E-state index contributed by atoms with van der Waals surface area (Å²) in [5.41, 5.74) is 3.14. The maximum atomic E-state index is 12.7. The maximum absolute atomic E-state index is 12.7. The summed E-state index contributed by atoms with van der Waals surface area (Å²) in [5.74, 6) is 1.78. The van der Waals surface area contributed by atoms with Gasteiger partial charge >= 0.3 is 0 Å². The van der Waals surface area contributed by atoms with E-state index in [1.165, 1.54) is 37.6 Å². The largest absolute Gasteiger partial charge is 0.497 e. The van der Waals surface area contributed by atoms with Gasteiger partial charge < -0.3 is 14.2 Å². The van der Waals surface area contributed by atoms with E-state index in [1.54, 1.807) is 30.3 Å². The molecule has 176 valence electrons. The van der Waals surface area contributed by atoms with E-state index in [0.29, 0.717) is 36.0 Å². The van der Waals surface area contributed by atoms with E-state index in [9.17, 15) is 18.5 Å². The van der Waals surface area contributed by atoms with Gasteiger partial charge in [0, 0.05) is 11.8 Å². The molecule has 0 radical (unpaired) electrons. The number of sulfonamides is 1. The molecule has 1 aliphatic heterocycles. The molecule has 0 fully saturated rings. The molecule has 0 atom stereocenters. The van der Waals surface area contributed by atoms with Crippen molar-refractivity contribution in [2.75, 3.05) is 30.5 Å². The monoisotopic (exact) mass is 484 g/mol. The molecule has 2 N–H and O–H groups in total. The average molecular weight is 484 g/mol. The molecule has 4 rings (SSSR count). The highest BCUT2D eigenvalue weighted by Gasteiger charge is 2.21. The third kappa shape index (κ3) is 5.18. The number of nitro benzene ring substituents is 1. The predicted molar refractivity (Wildman–Crippen MR) is 126 cm³/mol. The average Bonchev–Trinajstić information content (AvgIpc) is 2.84. The van der Waals surface area contributed by atoms with Gasteiger partial charge in [-0.05, 0) is 60.2 Å². The number of nitrogens with zero attached hydrogens (tertiary/aromatic N) is 2. The van der Waals surface area contributed by atoms with E-state index in [4.69, 9.17) is 14.2 Å². The number of anilines is 2. The standard InChI is InChI=1S/C22H20N4O7S/c1-31-17-5-3-16(4-6-17)25-34(29,30)18-7-8-19(20(13-18)26(27)28)24-23-14-15-2-9-21-22(12-15)33-11-10-32-21/h2-9,12-14,24-25H,10-11H2,1H3. The minimum absolute atomic E-state index is 0.0298. The van der Waals surface area contributed by atoms with Gasteiger partial charge in [0.05, 0.1) is 23.1 Å². The van der Waals surface area contributed by atoms with Gasteiger partial charge in [-0.2, -0.15) is 5.10 Å². The van der Waals surface area contributed by atoms with Gasteiger partial charge in [0.15, 0.2) is 11.5 Å². The van der Waals surface area contributed by atoms with Crippen LogP contribution in [-0.4, -0.2) is 39.9 Å². The first kappa shape index (κ1) is 22.9. The molecule has 0 amide bonds. The molecule has 1 aliphatic rings. The first-order valence-corrected chi connectivity index (χ1v) is 11.5. The number of hydrogen-bond acceptors (Lipinski definition) is 9. The lowest BCUT2D eigenvalue weighted by molar-refractivity contribution is -0.384. The molecule has 0 saturated carbocycles. The summed E-state index contributed by atoms with van der Waals surface area (Å²) >= 11 is 0. The van der Waals surface area contributed by atoms with Crippen LogP contribution in [0.1, 0.15) is 5.56 Å². The predicted octanol–water partition coefficient (Wildman–Crippen LogP) is 3.62. The van der Waals surface area contributed by atoms with Crippen molar-refractivity contribution in [3.8, 4) is 17.2 Å². The number of ether oxygens (including phenoxy) is 3. The Morgan fingerprint density at radius 1 is 1.03 bits per heavy atom. The van der Waals surface area contributed by atoms with Crippen molar-refractivity contribution in [2.45, 2.75) is 4.90 Å². The first-order valence-electron chi connectivity index (χ1n) is 10.00. The molecule has 0 saturated heterocycles. The SMILES string of the molecule is COc1ccc(NS(=O)(=O)c2ccc(NN=Cc3ccc4c(c3)OCCO4)c([N+](=O)[O-])c2)cc1. The zero-order chi connectivity index (χ0) is 24.1. The third-order valence-corrected chi connectivity index (χ3v) is 6.16. The fraction of sp³-hybridized carbons (Fsp3) is 0.136. The Morgan fingerprint density at radius 2 is 1.76 bits per heavy atom.